The van der Waals surface area contributed by atoms with Gasteiger partial charge in [-0.3, -0.25) is 0 Å². The van der Waals surface area contributed by atoms with Crippen molar-refractivity contribution in [3.05, 3.63) is 52.8 Å². The van der Waals surface area contributed by atoms with E-state index in [2.05, 4.69) is 0 Å². The molecule has 0 saturated heterocycles. The number of hydrogen-bond donors (Lipinski definition) is 0. The summed E-state index contributed by atoms with van der Waals surface area (Å²) in [6, 6.07) is 9.55. The molecule has 0 N–H and O–H groups in total. The quantitative estimate of drug-likeness (QED) is 0.322. The highest BCUT2D eigenvalue weighted by molar-refractivity contribution is 5.97. The third-order valence-corrected chi connectivity index (χ3v) is 3.50. The number of carbonyl (C=O) groups is 2. The summed E-state index contributed by atoms with van der Waals surface area (Å²) in [5.41, 5.74) is 1.25. The molecule has 0 radical (unpaired) electrons. The molecule has 2 rings (SSSR count). The summed E-state index contributed by atoms with van der Waals surface area (Å²) in [5, 5.41) is 20.0. The van der Waals surface area contributed by atoms with Crippen molar-refractivity contribution in [1.82, 2.24) is 0 Å². The Morgan fingerprint density at radius 3 is 2.65 bits per heavy atom. The molecule has 0 aliphatic carbocycles. The van der Waals surface area contributed by atoms with E-state index in [0.29, 0.717) is 22.6 Å². The predicted molar refractivity (Wildman–Crippen MR) is 89.6 cm³/mol. The van der Waals surface area contributed by atoms with Gasteiger partial charge < -0.3 is 23.8 Å². The zero-order valence-corrected chi connectivity index (χ0v) is 14.3. The maximum atomic E-state index is 11.8. The molecule has 1 aromatic carbocycles. The molecular formula is C19H16NO6-. The Balaban J connectivity index is 2.22. The second-order valence-electron chi connectivity index (χ2n) is 5.32. The van der Waals surface area contributed by atoms with Crippen molar-refractivity contribution in [2.24, 2.45) is 0 Å². The fourth-order valence-corrected chi connectivity index (χ4v) is 2.22. The van der Waals surface area contributed by atoms with Gasteiger partial charge in [0.25, 0.3) is 0 Å². The lowest BCUT2D eigenvalue weighted by atomic mass is 10.0. The van der Waals surface area contributed by atoms with Crippen molar-refractivity contribution < 1.29 is 28.6 Å². The monoisotopic (exact) mass is 354 g/mol. The summed E-state index contributed by atoms with van der Waals surface area (Å²) in [7, 11) is 1.47. The Hall–Kier alpha value is -3.37. The third-order valence-electron chi connectivity index (χ3n) is 3.50. The highest BCUT2D eigenvalue weighted by Gasteiger charge is 2.13. The Labute approximate surface area is 150 Å². The molecule has 0 aliphatic rings. The van der Waals surface area contributed by atoms with Crippen LogP contribution in [0.1, 0.15) is 21.7 Å². The second-order valence-corrected chi connectivity index (χ2v) is 5.32. The molecule has 0 fully saturated rings. The third kappa shape index (κ3) is 4.59. The van der Waals surface area contributed by atoms with Crippen LogP contribution in [0.2, 0.25) is 0 Å². The molecule has 1 aromatic heterocycles. The summed E-state index contributed by atoms with van der Waals surface area (Å²) < 4.78 is 15.3. The minimum Gasteiger partial charge on any atom is -0.545 e. The average Bonchev–Trinajstić information content (AvgIpc) is 3.07. The number of aromatic carboxylic acids is 1. The fraction of sp³-hybridized carbons (Fsp3) is 0.211. The minimum atomic E-state index is -1.26. The van der Waals surface area contributed by atoms with E-state index in [-0.39, 0.29) is 24.4 Å². The second kappa shape index (κ2) is 8.65. The lowest BCUT2D eigenvalue weighted by Gasteiger charge is -2.07. The summed E-state index contributed by atoms with van der Waals surface area (Å²) >= 11 is 0. The summed E-state index contributed by atoms with van der Waals surface area (Å²) in [6.07, 6.45) is 1.28. The molecular weight excluding hydrogens is 338 g/mol. The first-order chi connectivity index (χ1) is 12.5. The molecule has 7 nitrogen and oxygen atoms in total. The maximum Gasteiger partial charge on any atom is 0.349 e. The number of carbonyl (C=O) groups excluding carboxylic acids is 2. The predicted octanol–water partition coefficient (Wildman–Crippen LogP) is 1.72. The number of hydrogen-bond acceptors (Lipinski definition) is 7. The topological polar surface area (TPSA) is 113 Å². The number of furan rings is 1. The molecule has 0 aliphatic heterocycles. The van der Waals surface area contributed by atoms with E-state index < -0.39 is 11.9 Å². The van der Waals surface area contributed by atoms with Crippen LogP contribution in [0.5, 0.6) is 0 Å². The summed E-state index contributed by atoms with van der Waals surface area (Å²) in [6.45, 7) is 2.02. The molecule has 0 atom stereocenters. The number of carboxylic acids is 1. The Kier molecular flexibility index (Phi) is 6.31. The number of rotatable bonds is 7. The van der Waals surface area contributed by atoms with E-state index in [1.54, 1.807) is 31.2 Å². The molecule has 1 heterocycles. The van der Waals surface area contributed by atoms with E-state index >= 15 is 0 Å². The highest BCUT2D eigenvalue weighted by atomic mass is 16.6. The van der Waals surface area contributed by atoms with Gasteiger partial charge >= 0.3 is 5.97 Å². The van der Waals surface area contributed by atoms with Gasteiger partial charge in [0.05, 0.1) is 12.6 Å². The van der Waals surface area contributed by atoms with Gasteiger partial charge in [-0.2, -0.15) is 5.26 Å². The Morgan fingerprint density at radius 1 is 1.27 bits per heavy atom. The van der Waals surface area contributed by atoms with Crippen molar-refractivity contribution in [2.75, 3.05) is 20.3 Å². The fourth-order valence-electron chi connectivity index (χ4n) is 2.22. The molecule has 0 bridgehead atoms. The first kappa shape index (κ1) is 19.0. The van der Waals surface area contributed by atoms with Crippen LogP contribution < -0.4 is 5.11 Å². The van der Waals surface area contributed by atoms with Gasteiger partial charge in [-0.05, 0) is 36.2 Å². The number of benzene rings is 1. The van der Waals surface area contributed by atoms with Gasteiger partial charge in [0.1, 0.15) is 29.8 Å². The smallest absolute Gasteiger partial charge is 0.349 e. The summed E-state index contributed by atoms with van der Waals surface area (Å²) in [4.78, 5) is 22.7. The number of ether oxygens (including phenoxy) is 2. The average molecular weight is 354 g/mol. The standard InChI is InChI=1S/C19H17NO6/c1-12-9-13(18(21)22)3-5-16(12)17-6-4-15(26-17)10-14(11-20)19(23)25-8-7-24-2/h3-6,9-10H,7-8H2,1-2H3,(H,21,22)/p-1/b14-10-. The minimum absolute atomic E-state index is 0.0434. The van der Waals surface area contributed by atoms with Crippen molar-refractivity contribution in [3.63, 3.8) is 0 Å². The molecule has 0 saturated carbocycles. The van der Waals surface area contributed by atoms with Gasteiger partial charge in [-0.25, -0.2) is 4.79 Å². The van der Waals surface area contributed by atoms with Crippen LogP contribution in [0.4, 0.5) is 0 Å². The number of methoxy groups -OCH3 is 1. The molecule has 7 heteroatoms. The van der Waals surface area contributed by atoms with Crippen molar-refractivity contribution in [1.29, 1.82) is 5.26 Å². The van der Waals surface area contributed by atoms with Crippen molar-refractivity contribution in [3.8, 4) is 17.4 Å². The van der Waals surface area contributed by atoms with Crippen LogP contribution in [0.25, 0.3) is 17.4 Å². The molecule has 134 valence electrons. The van der Waals surface area contributed by atoms with E-state index in [4.69, 9.17) is 19.2 Å². The molecule has 0 amide bonds. The van der Waals surface area contributed by atoms with E-state index in [9.17, 15) is 14.7 Å². The van der Waals surface area contributed by atoms with E-state index in [1.165, 1.54) is 25.3 Å². The zero-order chi connectivity index (χ0) is 19.1. The number of esters is 1. The number of aryl methyl sites for hydroxylation is 1. The lowest BCUT2D eigenvalue weighted by molar-refractivity contribution is -0.255. The summed E-state index contributed by atoms with van der Waals surface area (Å²) in [5.74, 6) is -1.25. The van der Waals surface area contributed by atoms with Gasteiger partial charge in [0.15, 0.2) is 0 Å². The zero-order valence-electron chi connectivity index (χ0n) is 14.3. The van der Waals surface area contributed by atoms with Crippen LogP contribution in [-0.2, 0) is 14.3 Å². The first-order valence-electron chi connectivity index (χ1n) is 7.66. The lowest BCUT2D eigenvalue weighted by Crippen LogP contribution is -2.22. The molecule has 2 aromatic rings. The van der Waals surface area contributed by atoms with Gasteiger partial charge in [0.2, 0.25) is 0 Å². The molecule has 0 unspecified atom stereocenters. The maximum absolute atomic E-state index is 11.8. The number of carboxylic acid groups (broad SMARTS) is 1. The molecule has 26 heavy (non-hydrogen) atoms. The number of nitriles is 1. The first-order valence-corrected chi connectivity index (χ1v) is 7.66. The van der Waals surface area contributed by atoms with E-state index in [0.717, 1.165) is 0 Å². The van der Waals surface area contributed by atoms with Crippen LogP contribution >= 0.6 is 0 Å². The van der Waals surface area contributed by atoms with Crippen LogP contribution in [-0.4, -0.2) is 32.3 Å². The van der Waals surface area contributed by atoms with Crippen LogP contribution in [0, 0.1) is 18.3 Å². The Bertz CT molecular complexity index is 888. The number of nitrogens with zero attached hydrogens (tertiary/aromatic N) is 1. The van der Waals surface area contributed by atoms with E-state index in [1.807, 2.05) is 0 Å². The largest absolute Gasteiger partial charge is 0.545 e. The molecule has 0 spiro atoms. The Morgan fingerprint density at radius 2 is 2.04 bits per heavy atom. The van der Waals surface area contributed by atoms with Crippen molar-refractivity contribution >= 4 is 18.0 Å². The van der Waals surface area contributed by atoms with Crippen LogP contribution in [0.15, 0.2) is 40.3 Å². The normalized spacial score (nSPS) is 11.0. The van der Waals surface area contributed by atoms with Gasteiger partial charge in [-0.15, -0.1) is 0 Å². The van der Waals surface area contributed by atoms with Gasteiger partial charge in [0, 0.05) is 18.7 Å². The van der Waals surface area contributed by atoms with Crippen molar-refractivity contribution in [2.45, 2.75) is 6.92 Å². The van der Waals surface area contributed by atoms with Crippen LogP contribution in [0.3, 0.4) is 0 Å². The SMILES string of the molecule is COCCOC(=O)/C(C#N)=C\c1ccc(-c2ccc(C(=O)[O-])cc2C)o1. The van der Waals surface area contributed by atoms with Gasteiger partial charge in [-0.1, -0.05) is 12.1 Å². The highest BCUT2D eigenvalue weighted by Crippen LogP contribution is 2.27.